The van der Waals surface area contributed by atoms with E-state index in [0.717, 1.165) is 19.5 Å². The van der Waals surface area contributed by atoms with Crippen LogP contribution in [0.3, 0.4) is 0 Å². The molecule has 0 spiro atoms. The molecular weight excluding hydrogens is 706 g/mol. The molecule has 280 valence electrons. The minimum atomic E-state index is -1.00. The third kappa shape index (κ3) is 8.47. The van der Waals surface area contributed by atoms with Crippen LogP contribution in [0.1, 0.15) is 108 Å². The SMILES string of the molecule is CCCCP(CCCC)C(CCC(Cl)(Cl)C1C(c2ccccc2)=Cc2ccccc21)=C1N(c2c(C)cc(C)cc2C)CCN1c1c(C)cc(C)cc1C. The van der Waals surface area contributed by atoms with Crippen LogP contribution in [0.25, 0.3) is 11.6 Å². The van der Waals surface area contributed by atoms with E-state index < -0.39 is 12.3 Å². The summed E-state index contributed by atoms with van der Waals surface area (Å²) in [6.45, 7) is 20.2. The van der Waals surface area contributed by atoms with Gasteiger partial charge in [0, 0.05) is 30.4 Å². The number of allylic oxidation sites excluding steroid dienone is 2. The first-order valence-corrected chi connectivity index (χ1v) is 22.3. The quantitative estimate of drug-likeness (QED) is 0.0932. The molecule has 2 nitrogen and oxygen atoms in total. The molecule has 0 radical (unpaired) electrons. The van der Waals surface area contributed by atoms with E-state index in [1.165, 1.54) is 111 Å². The Morgan fingerprint density at radius 3 is 1.70 bits per heavy atom. The normalized spacial score (nSPS) is 15.8. The summed E-state index contributed by atoms with van der Waals surface area (Å²) in [5.74, 6) is 1.27. The maximum Gasteiger partial charge on any atom is 0.129 e. The van der Waals surface area contributed by atoms with Gasteiger partial charge in [-0.05, 0) is 129 Å². The van der Waals surface area contributed by atoms with Gasteiger partial charge in [-0.3, -0.25) is 0 Å². The Morgan fingerprint density at radius 1 is 0.698 bits per heavy atom. The lowest BCUT2D eigenvalue weighted by Gasteiger charge is -2.36. The van der Waals surface area contributed by atoms with Crippen molar-refractivity contribution < 1.29 is 0 Å². The summed E-state index contributed by atoms with van der Waals surface area (Å²) in [6.07, 6.45) is 11.2. The van der Waals surface area contributed by atoms with Crippen molar-refractivity contribution in [2.45, 2.75) is 104 Å². The van der Waals surface area contributed by atoms with Gasteiger partial charge in [-0.15, -0.1) is 23.2 Å². The molecule has 1 heterocycles. The van der Waals surface area contributed by atoms with Crippen LogP contribution in [-0.2, 0) is 0 Å². The van der Waals surface area contributed by atoms with E-state index in [2.05, 4.69) is 150 Å². The first kappa shape index (κ1) is 39.7. The highest BCUT2D eigenvalue weighted by Crippen LogP contribution is 2.58. The molecule has 1 saturated heterocycles. The highest BCUT2D eigenvalue weighted by atomic mass is 35.5. The van der Waals surface area contributed by atoms with E-state index in [0.29, 0.717) is 6.42 Å². The number of anilines is 2. The standard InChI is InChI=1S/C48H59Cl2N2P/c1-9-11-26-53(27-12-10-2)43(22-23-48(49,50)44-41-21-17-16-20-40(41)32-42(44)39-18-14-13-15-19-39)47-51(45-35(5)28-33(3)29-36(45)6)24-25-52(47)46-37(7)30-34(4)31-38(46)8/h13-21,28-32,44H,9-12,22-27H2,1-8H3. The van der Waals surface area contributed by atoms with Crippen LogP contribution in [-0.4, -0.2) is 29.7 Å². The number of unbranched alkanes of at least 4 members (excludes halogenated alkanes) is 2. The molecule has 4 aromatic rings. The lowest BCUT2D eigenvalue weighted by molar-refractivity contribution is 0.647. The second-order valence-corrected chi connectivity index (χ2v) is 19.6. The van der Waals surface area contributed by atoms with Crippen LogP contribution in [0.15, 0.2) is 90.0 Å². The lowest BCUT2D eigenvalue weighted by atomic mass is 9.86. The average Bonchev–Trinajstić information content (AvgIpc) is 3.71. The molecular formula is C48H59Cl2N2P. The molecule has 0 saturated carbocycles. The summed E-state index contributed by atoms with van der Waals surface area (Å²) >= 11 is 15.6. The number of fused-ring (bicyclic) bond motifs is 1. The van der Waals surface area contributed by atoms with Crippen molar-refractivity contribution in [1.29, 1.82) is 0 Å². The number of halogens is 2. The second-order valence-electron chi connectivity index (χ2n) is 15.6. The maximum atomic E-state index is 7.80. The molecule has 1 unspecified atom stereocenters. The Hall–Kier alpha value is -3.03. The monoisotopic (exact) mass is 764 g/mol. The van der Waals surface area contributed by atoms with E-state index in [-0.39, 0.29) is 5.92 Å². The topological polar surface area (TPSA) is 6.48 Å². The molecule has 4 aromatic carbocycles. The third-order valence-electron chi connectivity index (χ3n) is 11.2. The molecule has 0 bridgehead atoms. The lowest BCUT2D eigenvalue weighted by Crippen LogP contribution is -2.28. The third-order valence-corrected chi connectivity index (χ3v) is 14.9. The Labute approximate surface area is 332 Å². The van der Waals surface area contributed by atoms with Gasteiger partial charge in [0.1, 0.15) is 10.2 Å². The van der Waals surface area contributed by atoms with Gasteiger partial charge in [0.05, 0.1) is 0 Å². The molecule has 1 atom stereocenters. The summed E-state index contributed by atoms with van der Waals surface area (Å²) in [5, 5.41) is 1.58. The second kappa shape index (κ2) is 17.2. The van der Waals surface area contributed by atoms with Gasteiger partial charge in [-0.1, -0.05) is 131 Å². The van der Waals surface area contributed by atoms with Crippen molar-refractivity contribution in [2.75, 3.05) is 35.2 Å². The summed E-state index contributed by atoms with van der Waals surface area (Å²) in [7, 11) is -0.440. The van der Waals surface area contributed by atoms with Gasteiger partial charge < -0.3 is 9.80 Å². The summed E-state index contributed by atoms with van der Waals surface area (Å²) in [4.78, 5) is 5.38. The van der Waals surface area contributed by atoms with Crippen LogP contribution in [0.2, 0.25) is 0 Å². The zero-order valence-electron chi connectivity index (χ0n) is 33.3. The van der Waals surface area contributed by atoms with Crippen molar-refractivity contribution in [2.24, 2.45) is 0 Å². The zero-order valence-corrected chi connectivity index (χ0v) is 35.7. The number of hydrogen-bond acceptors (Lipinski definition) is 2. The Bertz CT molecular complexity index is 1860. The highest BCUT2D eigenvalue weighted by molar-refractivity contribution is 7.62. The number of aryl methyl sites for hydroxylation is 6. The molecule has 2 aliphatic rings. The Kier molecular flexibility index (Phi) is 12.9. The minimum absolute atomic E-state index is 0.118. The predicted molar refractivity (Wildman–Crippen MR) is 237 cm³/mol. The first-order valence-electron chi connectivity index (χ1n) is 19.9. The fourth-order valence-corrected chi connectivity index (χ4v) is 12.9. The molecule has 0 aromatic heterocycles. The van der Waals surface area contributed by atoms with Gasteiger partial charge in [0.25, 0.3) is 0 Å². The smallest absolute Gasteiger partial charge is 0.129 e. The van der Waals surface area contributed by atoms with E-state index in [9.17, 15) is 0 Å². The number of rotatable bonds is 14. The Balaban J connectivity index is 1.53. The first-order chi connectivity index (χ1) is 25.4. The maximum absolute atomic E-state index is 7.80. The minimum Gasteiger partial charge on any atom is -0.325 e. The van der Waals surface area contributed by atoms with Crippen molar-refractivity contribution in [3.05, 3.63) is 140 Å². The number of hydrogen-bond donors (Lipinski definition) is 0. The van der Waals surface area contributed by atoms with Gasteiger partial charge in [-0.25, -0.2) is 0 Å². The van der Waals surface area contributed by atoms with Crippen molar-refractivity contribution in [1.82, 2.24) is 0 Å². The number of nitrogens with zero attached hydrogens (tertiary/aromatic N) is 2. The fraction of sp³-hybridized carbons (Fsp3) is 0.417. The highest BCUT2D eigenvalue weighted by Gasteiger charge is 2.43. The summed E-state index contributed by atoms with van der Waals surface area (Å²) in [6, 6.07) is 28.8. The van der Waals surface area contributed by atoms with E-state index >= 15 is 0 Å². The van der Waals surface area contributed by atoms with Gasteiger partial charge >= 0.3 is 0 Å². The van der Waals surface area contributed by atoms with Gasteiger partial charge in [-0.2, -0.15) is 0 Å². The van der Waals surface area contributed by atoms with Crippen LogP contribution in [0.4, 0.5) is 11.4 Å². The average molecular weight is 766 g/mol. The number of benzene rings is 4. The summed E-state index contributed by atoms with van der Waals surface area (Å²) in [5.41, 5.74) is 15.6. The molecule has 1 fully saturated rings. The molecule has 1 aliphatic carbocycles. The van der Waals surface area contributed by atoms with Crippen LogP contribution in [0, 0.1) is 41.5 Å². The zero-order chi connectivity index (χ0) is 37.9. The number of alkyl halides is 2. The van der Waals surface area contributed by atoms with Crippen molar-refractivity contribution in [3.8, 4) is 0 Å². The van der Waals surface area contributed by atoms with Crippen LogP contribution in [0.5, 0.6) is 0 Å². The van der Waals surface area contributed by atoms with Crippen LogP contribution >= 0.6 is 31.1 Å². The molecule has 53 heavy (non-hydrogen) atoms. The molecule has 1 aliphatic heterocycles. The molecule has 0 N–H and O–H groups in total. The fourth-order valence-electron chi connectivity index (χ4n) is 9.08. The molecule has 0 amide bonds. The molecule has 6 rings (SSSR count). The largest absolute Gasteiger partial charge is 0.325 e. The van der Waals surface area contributed by atoms with E-state index in [4.69, 9.17) is 23.2 Å². The van der Waals surface area contributed by atoms with Crippen molar-refractivity contribution >= 4 is 54.1 Å². The van der Waals surface area contributed by atoms with E-state index in [1.54, 1.807) is 5.31 Å². The Morgan fingerprint density at radius 2 is 1.19 bits per heavy atom. The predicted octanol–water partition coefficient (Wildman–Crippen LogP) is 14.4. The van der Waals surface area contributed by atoms with Crippen LogP contribution < -0.4 is 9.80 Å². The molecule has 5 heteroatoms. The van der Waals surface area contributed by atoms with Gasteiger partial charge in [0.2, 0.25) is 0 Å². The van der Waals surface area contributed by atoms with E-state index in [1.807, 2.05) is 0 Å². The summed E-state index contributed by atoms with van der Waals surface area (Å²) < 4.78 is -1.00. The van der Waals surface area contributed by atoms with Gasteiger partial charge in [0.15, 0.2) is 0 Å². The van der Waals surface area contributed by atoms with Crippen molar-refractivity contribution in [3.63, 3.8) is 0 Å².